The van der Waals surface area contributed by atoms with Crippen molar-refractivity contribution in [3.05, 3.63) is 35.8 Å². The number of carbonyl (C=O) groups excluding carboxylic acids is 3. The second-order valence-corrected chi connectivity index (χ2v) is 16.2. The van der Waals surface area contributed by atoms with Gasteiger partial charge in [-0.15, -0.1) is 0 Å². The Hall–Kier alpha value is -4.09. The molecule has 258 valence electrons. The van der Waals surface area contributed by atoms with Crippen molar-refractivity contribution in [2.75, 3.05) is 32.5 Å². The number of carbonyl (C=O) groups is 3. The Morgan fingerprint density at radius 3 is 2.12 bits per heavy atom. The topological polar surface area (TPSA) is 133 Å². The van der Waals surface area contributed by atoms with E-state index in [0.717, 1.165) is 44.2 Å². The van der Waals surface area contributed by atoms with Crippen molar-refractivity contribution in [3.63, 3.8) is 0 Å². The predicted octanol–water partition coefficient (Wildman–Crippen LogP) is 5.95. The number of nitrogens with one attached hydrogen (secondary N) is 1. The number of nitrogens with zero attached hydrogens (tertiary/aromatic N) is 7. The van der Waals surface area contributed by atoms with Crippen LogP contribution >= 0.6 is 0 Å². The molecule has 3 aliphatic heterocycles. The van der Waals surface area contributed by atoms with Crippen LogP contribution in [-0.4, -0.2) is 98.1 Å². The third-order valence-electron chi connectivity index (χ3n) is 10.3. The fourth-order valence-electron chi connectivity index (χ4n) is 7.84. The summed E-state index contributed by atoms with van der Waals surface area (Å²) in [4.78, 5) is 63.5. The molecule has 2 bridgehead atoms. The number of hydrogen-bond acceptors (Lipinski definition) is 9. The zero-order valence-electron chi connectivity index (χ0n) is 29.6. The highest BCUT2D eigenvalue weighted by Crippen LogP contribution is 2.48. The van der Waals surface area contributed by atoms with Gasteiger partial charge in [0.1, 0.15) is 22.8 Å². The highest BCUT2D eigenvalue weighted by molar-refractivity contribution is 6.42. The van der Waals surface area contributed by atoms with Gasteiger partial charge in [-0.2, -0.15) is 0 Å². The molecule has 1 saturated carbocycles. The summed E-state index contributed by atoms with van der Waals surface area (Å²) in [7, 11) is 3.52. The number of anilines is 2. The molecular formula is C36H50N8O4. The van der Waals surface area contributed by atoms with Gasteiger partial charge < -0.3 is 19.9 Å². The predicted molar refractivity (Wildman–Crippen MR) is 184 cm³/mol. The quantitative estimate of drug-likeness (QED) is 0.417. The lowest BCUT2D eigenvalue weighted by Gasteiger charge is -2.41. The molecule has 2 aromatic rings. The van der Waals surface area contributed by atoms with Crippen LogP contribution in [-0.2, 0) is 9.53 Å². The first-order valence-corrected chi connectivity index (χ1v) is 17.3. The Morgan fingerprint density at radius 2 is 1.56 bits per heavy atom. The van der Waals surface area contributed by atoms with Crippen LogP contribution in [0.2, 0.25) is 0 Å². The molecule has 1 N–H and O–H groups in total. The fraction of sp³-hybridized carbons (Fsp3) is 0.639. The first kappa shape index (κ1) is 33.8. The smallest absolute Gasteiger partial charge is 0.410 e. The molecule has 3 atom stereocenters. The molecule has 12 heteroatoms. The first-order valence-electron chi connectivity index (χ1n) is 17.3. The van der Waals surface area contributed by atoms with Crippen LogP contribution in [0, 0.1) is 17.3 Å². The van der Waals surface area contributed by atoms with Crippen LogP contribution in [0.3, 0.4) is 0 Å². The third kappa shape index (κ3) is 6.89. The molecule has 0 aromatic carbocycles. The molecule has 6 rings (SSSR count). The van der Waals surface area contributed by atoms with Gasteiger partial charge in [0.15, 0.2) is 0 Å². The Bertz CT molecular complexity index is 1570. The van der Waals surface area contributed by atoms with E-state index in [9.17, 15) is 14.4 Å². The minimum absolute atomic E-state index is 0.0525. The molecule has 48 heavy (non-hydrogen) atoms. The minimum Gasteiger partial charge on any atom is -0.444 e. The van der Waals surface area contributed by atoms with Gasteiger partial charge in [0.05, 0.1) is 35.5 Å². The molecule has 3 amide bonds. The van der Waals surface area contributed by atoms with E-state index >= 15 is 0 Å². The van der Waals surface area contributed by atoms with Gasteiger partial charge >= 0.3 is 6.09 Å². The number of aromatic nitrogens is 3. The molecular weight excluding hydrogens is 608 g/mol. The van der Waals surface area contributed by atoms with Gasteiger partial charge in [-0.05, 0) is 88.7 Å². The number of amides is 3. The first-order chi connectivity index (χ1) is 22.6. The number of piperazine rings is 1. The Balaban J connectivity index is 1.13. The molecule has 0 spiro atoms. The monoisotopic (exact) mass is 658 g/mol. The van der Waals surface area contributed by atoms with Crippen LogP contribution in [0.25, 0.3) is 0 Å². The average Bonchev–Trinajstić information content (AvgIpc) is 3.53. The van der Waals surface area contributed by atoms with E-state index in [1.165, 1.54) is 0 Å². The summed E-state index contributed by atoms with van der Waals surface area (Å²) >= 11 is 0. The summed E-state index contributed by atoms with van der Waals surface area (Å²) in [6.07, 6.45) is 8.92. The van der Waals surface area contributed by atoms with Crippen molar-refractivity contribution in [2.45, 2.75) is 104 Å². The maximum atomic E-state index is 13.5. The van der Waals surface area contributed by atoms with E-state index in [1.807, 2.05) is 30.6 Å². The second-order valence-electron chi connectivity index (χ2n) is 16.2. The number of aliphatic imine (C=N–C) groups is 1. The molecule has 1 aliphatic carbocycles. The lowest BCUT2D eigenvalue weighted by molar-refractivity contribution is -0.122. The van der Waals surface area contributed by atoms with Gasteiger partial charge in [-0.1, -0.05) is 20.8 Å². The summed E-state index contributed by atoms with van der Waals surface area (Å²) in [5.74, 6) is 1.43. The Kier molecular flexibility index (Phi) is 8.97. The minimum atomic E-state index is -0.565. The van der Waals surface area contributed by atoms with Gasteiger partial charge in [-0.3, -0.25) is 14.5 Å². The van der Waals surface area contributed by atoms with Crippen molar-refractivity contribution in [3.8, 4) is 0 Å². The van der Waals surface area contributed by atoms with Gasteiger partial charge in [0.2, 0.25) is 5.95 Å². The summed E-state index contributed by atoms with van der Waals surface area (Å²) in [6, 6.07) is 3.39. The summed E-state index contributed by atoms with van der Waals surface area (Å²) in [5.41, 5.74) is 2.14. The normalized spacial score (nSPS) is 25.3. The molecule has 2 saturated heterocycles. The van der Waals surface area contributed by atoms with Crippen LogP contribution in [0.15, 0.2) is 29.5 Å². The Morgan fingerprint density at radius 1 is 0.896 bits per heavy atom. The van der Waals surface area contributed by atoms with Gasteiger partial charge in [0.25, 0.3) is 11.8 Å². The van der Waals surface area contributed by atoms with Crippen LogP contribution in [0.4, 0.5) is 22.2 Å². The Labute approximate surface area is 283 Å². The standard InChI is InChI=1S/C36H50N8O4/c1-35(2,3)23-12-9-21(10-13-23)28-29-26(39-30(28)32(46)42(7)8)18-38-33(41-29)40-27-16-11-22(17-37-27)31(45)43-19-24-14-15-25(20-43)44(24)34(47)48-36(4,5)6/h11,16-18,21,23-25,28H,9-10,12-15,19-20H2,1-8H3,(H,37,38,40,41). The van der Waals surface area contributed by atoms with E-state index in [0.29, 0.717) is 47.7 Å². The SMILES string of the molecule is CN(C)C(=O)C1=Nc2cnc(Nc3ccc(C(=O)N4CC5CCC(C4)N5C(=O)OC(C)(C)C)cn3)nc2C1C1CCC(C(C)(C)C)CC1. The molecule has 5 heterocycles. The maximum absolute atomic E-state index is 13.5. The van der Waals surface area contributed by atoms with E-state index in [1.54, 1.807) is 43.5 Å². The number of fused-ring (bicyclic) bond motifs is 3. The molecule has 4 aliphatic rings. The van der Waals surface area contributed by atoms with Crippen LogP contribution in [0.1, 0.15) is 102 Å². The fourth-order valence-corrected chi connectivity index (χ4v) is 7.84. The molecule has 3 unspecified atom stereocenters. The molecule has 12 nitrogen and oxygen atoms in total. The van der Waals surface area contributed by atoms with Crippen LogP contribution < -0.4 is 5.32 Å². The van der Waals surface area contributed by atoms with Crippen LogP contribution in [0.5, 0.6) is 0 Å². The number of ether oxygens (including phenoxy) is 1. The zero-order valence-corrected chi connectivity index (χ0v) is 29.6. The van der Waals surface area contributed by atoms with E-state index in [4.69, 9.17) is 14.7 Å². The number of likely N-dealkylation sites (tertiary alicyclic amines) is 1. The van der Waals surface area contributed by atoms with Gasteiger partial charge in [-0.25, -0.2) is 24.7 Å². The summed E-state index contributed by atoms with van der Waals surface area (Å²) in [5, 5.41) is 3.19. The largest absolute Gasteiger partial charge is 0.444 e. The maximum Gasteiger partial charge on any atom is 0.410 e. The van der Waals surface area contributed by atoms with Crippen molar-refractivity contribution >= 4 is 41.1 Å². The third-order valence-corrected chi connectivity index (χ3v) is 10.3. The van der Waals surface area contributed by atoms with Crippen molar-refractivity contribution in [1.82, 2.24) is 29.7 Å². The van der Waals surface area contributed by atoms with Gasteiger partial charge in [0, 0.05) is 33.4 Å². The molecule has 3 fully saturated rings. The van der Waals surface area contributed by atoms with Crippen molar-refractivity contribution in [1.29, 1.82) is 0 Å². The van der Waals surface area contributed by atoms with E-state index < -0.39 is 5.60 Å². The zero-order chi connectivity index (χ0) is 34.5. The summed E-state index contributed by atoms with van der Waals surface area (Å²) < 4.78 is 5.63. The number of hydrogen-bond donors (Lipinski definition) is 1. The highest BCUT2D eigenvalue weighted by Gasteiger charge is 2.46. The highest BCUT2D eigenvalue weighted by atomic mass is 16.6. The second kappa shape index (κ2) is 12.7. The lowest BCUT2D eigenvalue weighted by atomic mass is 9.66. The van der Waals surface area contributed by atoms with E-state index in [2.05, 4.69) is 36.1 Å². The van der Waals surface area contributed by atoms with Crippen molar-refractivity contribution in [2.24, 2.45) is 22.2 Å². The summed E-state index contributed by atoms with van der Waals surface area (Å²) in [6.45, 7) is 13.5. The number of rotatable bonds is 5. The average molecular weight is 659 g/mol. The van der Waals surface area contributed by atoms with E-state index in [-0.39, 0.29) is 47.2 Å². The number of pyridine rings is 1. The van der Waals surface area contributed by atoms with Crippen molar-refractivity contribution < 1.29 is 19.1 Å². The molecule has 2 aromatic heterocycles. The molecule has 0 radical (unpaired) electrons. The lowest BCUT2D eigenvalue weighted by Crippen LogP contribution is -2.57.